The van der Waals surface area contributed by atoms with E-state index in [1.54, 1.807) is 12.1 Å². The van der Waals surface area contributed by atoms with Crippen LogP contribution < -0.4 is 14.9 Å². The largest absolute Gasteiger partial charge is 0.489 e. The average molecular weight is 556 g/mol. The quantitative estimate of drug-likeness (QED) is 0.174. The van der Waals surface area contributed by atoms with Gasteiger partial charge in [0.25, 0.3) is 0 Å². The Bertz CT molecular complexity index is 1530. The highest BCUT2D eigenvalue weighted by molar-refractivity contribution is 6.39. The van der Waals surface area contributed by atoms with Gasteiger partial charge in [-0.05, 0) is 53.1 Å². The average Bonchev–Trinajstić information content (AvgIpc) is 3.36. The Morgan fingerprint density at radius 3 is 1.87 bits per heavy atom. The first-order chi connectivity index (χ1) is 18.9. The van der Waals surface area contributed by atoms with Crippen molar-refractivity contribution in [3.05, 3.63) is 118 Å². The molecule has 0 saturated carbocycles. The second kappa shape index (κ2) is 12.0. The molecule has 1 heterocycles. The van der Waals surface area contributed by atoms with Crippen LogP contribution in [0.5, 0.6) is 11.5 Å². The molecule has 0 spiro atoms. The predicted molar refractivity (Wildman–Crippen MR) is 161 cm³/mol. The molecule has 1 aromatic heterocycles. The Morgan fingerprint density at radius 1 is 0.744 bits per heavy atom. The van der Waals surface area contributed by atoms with E-state index >= 15 is 0 Å². The second-order valence-corrected chi connectivity index (χ2v) is 10.6. The SMILES string of the molecule is Bc1ccc(OCc2ccc(-c3ccc(OCc4c(-c5c(Cl)cccc5Cl)noc4C(C)C)cc3)cc2)cc1. The van der Waals surface area contributed by atoms with Crippen LogP contribution in [-0.2, 0) is 13.2 Å². The molecule has 0 radical (unpaired) electrons. The highest BCUT2D eigenvalue weighted by Gasteiger charge is 2.23. The minimum absolute atomic E-state index is 0.124. The Kier molecular flexibility index (Phi) is 8.30. The third kappa shape index (κ3) is 6.33. The van der Waals surface area contributed by atoms with E-state index in [4.69, 9.17) is 37.2 Å². The Balaban J connectivity index is 1.26. The fraction of sp³-hybridized carbons (Fsp3) is 0.156. The van der Waals surface area contributed by atoms with Crippen molar-refractivity contribution in [2.45, 2.75) is 33.0 Å². The van der Waals surface area contributed by atoms with Crippen molar-refractivity contribution in [3.8, 4) is 33.9 Å². The van der Waals surface area contributed by atoms with Crippen molar-refractivity contribution in [2.24, 2.45) is 0 Å². The molecule has 4 nitrogen and oxygen atoms in total. The Morgan fingerprint density at radius 2 is 1.28 bits per heavy atom. The van der Waals surface area contributed by atoms with Crippen molar-refractivity contribution in [1.82, 2.24) is 5.16 Å². The highest BCUT2D eigenvalue weighted by Crippen LogP contribution is 2.39. The van der Waals surface area contributed by atoms with Crippen LogP contribution in [0.3, 0.4) is 0 Å². The molecule has 5 aromatic rings. The maximum absolute atomic E-state index is 6.46. The van der Waals surface area contributed by atoms with E-state index < -0.39 is 0 Å². The summed E-state index contributed by atoms with van der Waals surface area (Å²) in [5, 5.41) is 5.34. The normalized spacial score (nSPS) is 11.1. The molecule has 0 aliphatic heterocycles. The minimum Gasteiger partial charge on any atom is -0.489 e. The van der Waals surface area contributed by atoms with E-state index in [1.165, 1.54) is 5.46 Å². The van der Waals surface area contributed by atoms with Crippen molar-refractivity contribution < 1.29 is 14.0 Å². The number of aromatic nitrogens is 1. The molecule has 39 heavy (non-hydrogen) atoms. The minimum atomic E-state index is 0.124. The lowest BCUT2D eigenvalue weighted by Crippen LogP contribution is -2.01. The third-order valence-corrected chi connectivity index (χ3v) is 7.12. The van der Waals surface area contributed by atoms with Crippen LogP contribution in [-0.4, -0.2) is 13.0 Å². The number of benzene rings is 4. The van der Waals surface area contributed by atoms with E-state index in [2.05, 4.69) is 75.4 Å². The number of nitrogens with zero attached hydrogens (tertiary/aromatic N) is 1. The van der Waals surface area contributed by atoms with Gasteiger partial charge in [0.15, 0.2) is 0 Å². The maximum Gasteiger partial charge on any atom is 0.146 e. The van der Waals surface area contributed by atoms with E-state index in [0.717, 1.165) is 39.5 Å². The van der Waals surface area contributed by atoms with Crippen LogP contribution in [0.2, 0.25) is 10.0 Å². The topological polar surface area (TPSA) is 44.5 Å². The summed E-state index contributed by atoms with van der Waals surface area (Å²) in [5.41, 5.74) is 6.65. The molecule has 0 saturated heterocycles. The summed E-state index contributed by atoms with van der Waals surface area (Å²) in [6.45, 7) is 4.91. The number of rotatable bonds is 9. The van der Waals surface area contributed by atoms with Gasteiger partial charge in [0.2, 0.25) is 0 Å². The molecule has 7 heteroatoms. The molecule has 196 valence electrons. The first kappa shape index (κ1) is 26.9. The second-order valence-electron chi connectivity index (χ2n) is 9.74. The first-order valence-electron chi connectivity index (χ1n) is 12.8. The summed E-state index contributed by atoms with van der Waals surface area (Å²) in [7, 11) is 2.06. The first-order valence-corrected chi connectivity index (χ1v) is 13.6. The molecular formula is C32H28BCl2NO3. The van der Waals surface area contributed by atoms with E-state index in [1.807, 2.05) is 30.3 Å². The molecule has 0 aliphatic carbocycles. The molecule has 0 atom stereocenters. The van der Waals surface area contributed by atoms with Crippen LogP contribution in [0.1, 0.15) is 36.7 Å². The fourth-order valence-electron chi connectivity index (χ4n) is 4.33. The predicted octanol–water partition coefficient (Wildman–Crippen LogP) is 7.86. The lowest BCUT2D eigenvalue weighted by atomic mass is 9.97. The van der Waals surface area contributed by atoms with Crippen LogP contribution in [0, 0.1) is 0 Å². The smallest absolute Gasteiger partial charge is 0.146 e. The number of hydrogen-bond acceptors (Lipinski definition) is 4. The van der Waals surface area contributed by atoms with Crippen molar-refractivity contribution >= 4 is 36.5 Å². The molecule has 0 unspecified atom stereocenters. The van der Waals surface area contributed by atoms with Crippen LogP contribution in [0.4, 0.5) is 0 Å². The zero-order chi connectivity index (χ0) is 27.4. The third-order valence-electron chi connectivity index (χ3n) is 6.49. The summed E-state index contributed by atoms with van der Waals surface area (Å²) in [4.78, 5) is 0. The molecular weight excluding hydrogens is 528 g/mol. The van der Waals surface area contributed by atoms with Gasteiger partial charge in [-0.2, -0.15) is 0 Å². The highest BCUT2D eigenvalue weighted by atomic mass is 35.5. The standard InChI is InChI=1S/C32H28BCl2NO3/c1-20(2)32-27(31(36-39-32)30-28(34)4-3-5-29(30)35)19-38-25-14-10-23(11-15-25)22-8-6-21(7-9-22)18-37-26-16-12-24(33)13-17-26/h3-17,20H,18-19,33H2,1-2H3. The molecule has 0 aliphatic rings. The lowest BCUT2D eigenvalue weighted by molar-refractivity contribution is 0.298. The molecule has 4 aromatic carbocycles. The van der Waals surface area contributed by atoms with E-state index in [-0.39, 0.29) is 12.5 Å². The summed E-state index contributed by atoms with van der Waals surface area (Å²) in [5.74, 6) is 2.49. The zero-order valence-corrected chi connectivity index (χ0v) is 23.6. The number of hydrogen-bond donors (Lipinski definition) is 0. The molecule has 0 bridgehead atoms. The van der Waals surface area contributed by atoms with Crippen LogP contribution >= 0.6 is 23.2 Å². The van der Waals surface area contributed by atoms with E-state index in [0.29, 0.717) is 27.9 Å². The molecule has 0 amide bonds. The van der Waals surface area contributed by atoms with E-state index in [9.17, 15) is 0 Å². The van der Waals surface area contributed by atoms with Crippen molar-refractivity contribution in [3.63, 3.8) is 0 Å². The maximum atomic E-state index is 6.46. The van der Waals surface area contributed by atoms with Crippen LogP contribution in [0.15, 0.2) is 95.5 Å². The number of halogens is 2. The lowest BCUT2D eigenvalue weighted by Gasteiger charge is -2.11. The summed E-state index contributed by atoms with van der Waals surface area (Å²) < 4.78 is 17.8. The molecule has 0 fully saturated rings. The fourth-order valence-corrected chi connectivity index (χ4v) is 4.91. The summed E-state index contributed by atoms with van der Waals surface area (Å²) in [6, 6.07) is 29.9. The van der Waals surface area contributed by atoms with Gasteiger partial charge < -0.3 is 14.0 Å². The summed E-state index contributed by atoms with van der Waals surface area (Å²) >= 11 is 12.9. The Labute approximate surface area is 239 Å². The van der Waals surface area contributed by atoms with Gasteiger partial charge in [-0.15, -0.1) is 0 Å². The van der Waals surface area contributed by atoms with Crippen molar-refractivity contribution in [1.29, 1.82) is 0 Å². The van der Waals surface area contributed by atoms with Gasteiger partial charge in [0.1, 0.15) is 44.0 Å². The van der Waals surface area contributed by atoms with Crippen molar-refractivity contribution in [2.75, 3.05) is 0 Å². The Hall–Kier alpha value is -3.67. The van der Waals surface area contributed by atoms with Gasteiger partial charge in [0, 0.05) is 11.5 Å². The number of ether oxygens (including phenoxy) is 2. The van der Waals surface area contributed by atoms with Gasteiger partial charge in [0.05, 0.1) is 15.6 Å². The van der Waals surface area contributed by atoms with Crippen LogP contribution in [0.25, 0.3) is 22.4 Å². The molecule has 5 rings (SSSR count). The summed E-state index contributed by atoms with van der Waals surface area (Å²) in [6.07, 6.45) is 0. The monoisotopic (exact) mass is 555 g/mol. The van der Waals surface area contributed by atoms with Gasteiger partial charge in [-0.25, -0.2) is 0 Å². The van der Waals surface area contributed by atoms with Gasteiger partial charge in [-0.3, -0.25) is 0 Å². The molecule has 0 N–H and O–H groups in total. The zero-order valence-electron chi connectivity index (χ0n) is 22.1. The van der Waals surface area contributed by atoms with Gasteiger partial charge >= 0.3 is 0 Å². The van der Waals surface area contributed by atoms with Gasteiger partial charge in [-0.1, -0.05) is 102 Å².